The topological polar surface area (TPSA) is 119 Å². The number of likely N-dealkylation sites (tertiary alicyclic amines) is 1. The van der Waals surface area contributed by atoms with Crippen LogP contribution in [0.15, 0.2) is 12.4 Å². The van der Waals surface area contributed by atoms with Crippen LogP contribution in [0, 0.1) is 21.4 Å². The predicted molar refractivity (Wildman–Crippen MR) is 77.5 cm³/mol. The van der Waals surface area contributed by atoms with Crippen molar-refractivity contribution in [3.8, 4) is 0 Å². The van der Waals surface area contributed by atoms with E-state index in [1.807, 2.05) is 0 Å². The van der Waals surface area contributed by atoms with Gasteiger partial charge in [0.25, 0.3) is 0 Å². The summed E-state index contributed by atoms with van der Waals surface area (Å²) in [6, 6.07) is 0. The number of nitrogens with zero attached hydrogens (tertiary/aromatic N) is 4. The Morgan fingerprint density at radius 3 is 2.65 bits per heavy atom. The van der Waals surface area contributed by atoms with Gasteiger partial charge in [-0.25, -0.2) is 0 Å². The Labute approximate surface area is 132 Å². The Hall–Kier alpha value is -2.45. The maximum Gasteiger partial charge on any atom is 0.307 e. The summed E-state index contributed by atoms with van der Waals surface area (Å²) in [7, 11) is 0. The van der Waals surface area contributed by atoms with Crippen molar-refractivity contribution >= 4 is 17.6 Å². The van der Waals surface area contributed by atoms with E-state index in [0.29, 0.717) is 19.6 Å². The minimum atomic E-state index is -0.731. The number of carbonyl (C=O) groups excluding carboxylic acids is 1. The van der Waals surface area contributed by atoms with Crippen molar-refractivity contribution in [2.75, 3.05) is 13.1 Å². The van der Waals surface area contributed by atoms with Crippen molar-refractivity contribution in [1.82, 2.24) is 14.7 Å². The number of nitro groups is 1. The third kappa shape index (κ3) is 3.03. The number of carboxylic acids is 1. The molecular weight excluding hydrogens is 304 g/mol. The maximum absolute atomic E-state index is 12.2. The fourth-order valence-electron chi connectivity index (χ4n) is 3.39. The molecule has 1 aromatic heterocycles. The Balaban J connectivity index is 1.46. The van der Waals surface area contributed by atoms with E-state index in [0.717, 1.165) is 25.5 Å². The van der Waals surface area contributed by atoms with Gasteiger partial charge in [-0.2, -0.15) is 5.10 Å². The second-order valence-corrected chi connectivity index (χ2v) is 6.31. The molecule has 1 saturated heterocycles. The molecule has 124 valence electrons. The monoisotopic (exact) mass is 322 g/mol. The first kappa shape index (κ1) is 15.4. The molecule has 2 heterocycles. The second-order valence-electron chi connectivity index (χ2n) is 6.31. The maximum atomic E-state index is 12.2. The number of carboxylic acid groups (broad SMARTS) is 1. The van der Waals surface area contributed by atoms with Gasteiger partial charge in [0.2, 0.25) is 5.91 Å². The van der Waals surface area contributed by atoms with E-state index in [2.05, 4.69) is 5.10 Å². The summed E-state index contributed by atoms with van der Waals surface area (Å²) in [5.74, 6) is -1.00. The molecule has 1 unspecified atom stereocenters. The lowest BCUT2D eigenvalue weighted by Gasteiger charge is -2.32. The van der Waals surface area contributed by atoms with E-state index in [4.69, 9.17) is 5.11 Å². The van der Waals surface area contributed by atoms with E-state index >= 15 is 0 Å². The molecule has 0 aromatic carbocycles. The lowest BCUT2D eigenvalue weighted by atomic mass is 9.90. The van der Waals surface area contributed by atoms with E-state index in [1.165, 1.54) is 10.9 Å². The molecule has 0 bridgehead atoms. The quantitative estimate of drug-likeness (QED) is 0.635. The Morgan fingerprint density at radius 2 is 2.13 bits per heavy atom. The summed E-state index contributed by atoms with van der Waals surface area (Å²) < 4.78 is 1.39. The van der Waals surface area contributed by atoms with Gasteiger partial charge in [-0.3, -0.25) is 24.4 Å². The molecular formula is C14H18N4O5. The smallest absolute Gasteiger partial charge is 0.307 e. The average Bonchev–Trinajstić information content (AvgIpc) is 3.01. The third-order valence-electron chi connectivity index (χ3n) is 4.98. The zero-order chi connectivity index (χ0) is 16.6. The molecule has 1 amide bonds. The zero-order valence-corrected chi connectivity index (χ0v) is 12.6. The largest absolute Gasteiger partial charge is 0.481 e. The summed E-state index contributed by atoms with van der Waals surface area (Å²) in [4.78, 5) is 35.0. The van der Waals surface area contributed by atoms with Crippen LogP contribution in [-0.4, -0.2) is 49.7 Å². The number of aliphatic carboxylic acids is 1. The highest BCUT2D eigenvalue weighted by molar-refractivity contribution is 5.77. The third-order valence-corrected chi connectivity index (χ3v) is 4.98. The first-order valence-corrected chi connectivity index (χ1v) is 7.59. The molecule has 1 spiro atoms. The summed E-state index contributed by atoms with van der Waals surface area (Å²) in [5.41, 5.74) is -0.184. The van der Waals surface area contributed by atoms with E-state index in [-0.39, 0.29) is 29.3 Å². The standard InChI is InChI=1S/C14H18N4O5/c19-12(1-4-17-9-10(8-15-17)18(22)23)16-5-2-14(3-6-16)7-11(14)13(20)21/h8-9,11H,1-7H2,(H,20,21). The van der Waals surface area contributed by atoms with Crippen molar-refractivity contribution < 1.29 is 19.6 Å². The van der Waals surface area contributed by atoms with E-state index in [1.54, 1.807) is 4.90 Å². The highest BCUT2D eigenvalue weighted by Crippen LogP contribution is 2.59. The van der Waals surface area contributed by atoms with Crippen LogP contribution in [0.4, 0.5) is 5.69 Å². The van der Waals surface area contributed by atoms with Crippen LogP contribution in [0.3, 0.4) is 0 Å². The molecule has 9 heteroatoms. The molecule has 1 aliphatic carbocycles. The zero-order valence-electron chi connectivity index (χ0n) is 12.6. The van der Waals surface area contributed by atoms with Gasteiger partial charge in [0.1, 0.15) is 12.4 Å². The molecule has 3 rings (SSSR count). The number of amides is 1. The fraction of sp³-hybridized carbons (Fsp3) is 0.643. The minimum Gasteiger partial charge on any atom is -0.481 e. The number of aryl methyl sites for hydroxylation is 1. The fourth-order valence-corrected chi connectivity index (χ4v) is 3.39. The highest BCUT2D eigenvalue weighted by atomic mass is 16.6. The molecule has 2 aliphatic rings. The van der Waals surface area contributed by atoms with Crippen LogP contribution in [-0.2, 0) is 16.1 Å². The van der Waals surface area contributed by atoms with Crippen LogP contribution in [0.1, 0.15) is 25.7 Å². The SMILES string of the molecule is O=C(O)C1CC12CCN(C(=O)CCn1cc([N+](=O)[O-])cn1)CC2. The molecule has 9 nitrogen and oxygen atoms in total. The molecule has 1 aromatic rings. The molecule has 1 atom stereocenters. The summed E-state index contributed by atoms with van der Waals surface area (Å²) in [6.07, 6.45) is 4.90. The normalized spacial score (nSPS) is 22.1. The predicted octanol–water partition coefficient (Wildman–Crippen LogP) is 0.895. The van der Waals surface area contributed by atoms with Gasteiger partial charge in [0, 0.05) is 26.1 Å². The molecule has 0 radical (unpaired) electrons. The number of hydrogen-bond donors (Lipinski definition) is 1. The van der Waals surface area contributed by atoms with Gasteiger partial charge in [0.15, 0.2) is 0 Å². The summed E-state index contributed by atoms with van der Waals surface area (Å²) in [6.45, 7) is 1.47. The van der Waals surface area contributed by atoms with Gasteiger partial charge in [-0.15, -0.1) is 0 Å². The number of hydrogen-bond acceptors (Lipinski definition) is 5. The Kier molecular flexibility index (Phi) is 3.78. The molecule has 1 N–H and O–H groups in total. The van der Waals surface area contributed by atoms with E-state index in [9.17, 15) is 19.7 Å². The summed E-state index contributed by atoms with van der Waals surface area (Å²) >= 11 is 0. The van der Waals surface area contributed by atoms with E-state index < -0.39 is 10.9 Å². The van der Waals surface area contributed by atoms with Crippen molar-refractivity contribution in [2.45, 2.75) is 32.2 Å². The van der Waals surface area contributed by atoms with Crippen LogP contribution >= 0.6 is 0 Å². The van der Waals surface area contributed by atoms with Crippen LogP contribution in [0.2, 0.25) is 0 Å². The molecule has 2 fully saturated rings. The lowest BCUT2D eigenvalue weighted by molar-refractivity contribution is -0.385. The van der Waals surface area contributed by atoms with Crippen molar-refractivity contribution in [3.63, 3.8) is 0 Å². The van der Waals surface area contributed by atoms with Gasteiger partial charge in [-0.1, -0.05) is 0 Å². The van der Waals surface area contributed by atoms with Crippen molar-refractivity contribution in [3.05, 3.63) is 22.5 Å². The minimum absolute atomic E-state index is 0.0227. The van der Waals surface area contributed by atoms with Crippen LogP contribution in [0.5, 0.6) is 0 Å². The lowest BCUT2D eigenvalue weighted by Crippen LogP contribution is -2.40. The number of piperidine rings is 1. The first-order valence-electron chi connectivity index (χ1n) is 7.59. The van der Waals surface area contributed by atoms with Crippen LogP contribution in [0.25, 0.3) is 0 Å². The number of rotatable bonds is 5. The van der Waals surface area contributed by atoms with Gasteiger partial charge in [0.05, 0.1) is 10.8 Å². The summed E-state index contributed by atoms with van der Waals surface area (Å²) in [5, 5.41) is 23.5. The average molecular weight is 322 g/mol. The number of aromatic nitrogens is 2. The van der Waals surface area contributed by atoms with Crippen molar-refractivity contribution in [2.24, 2.45) is 11.3 Å². The van der Waals surface area contributed by atoms with Gasteiger partial charge < -0.3 is 10.0 Å². The molecule has 23 heavy (non-hydrogen) atoms. The van der Waals surface area contributed by atoms with Gasteiger partial charge >= 0.3 is 11.7 Å². The molecule has 1 aliphatic heterocycles. The highest BCUT2D eigenvalue weighted by Gasteiger charge is 2.59. The molecule has 1 saturated carbocycles. The first-order chi connectivity index (χ1) is 10.9. The van der Waals surface area contributed by atoms with Crippen LogP contribution < -0.4 is 0 Å². The Morgan fingerprint density at radius 1 is 1.43 bits per heavy atom. The van der Waals surface area contributed by atoms with Crippen molar-refractivity contribution in [1.29, 1.82) is 0 Å². The second kappa shape index (κ2) is 5.64. The van der Waals surface area contributed by atoms with Gasteiger partial charge in [-0.05, 0) is 24.7 Å². The Bertz CT molecular complexity index is 647. The number of carbonyl (C=O) groups is 2.